The van der Waals surface area contributed by atoms with E-state index in [-0.39, 0.29) is 17.0 Å². The van der Waals surface area contributed by atoms with E-state index in [1.54, 1.807) is 6.07 Å². The molecule has 9 heteroatoms. The average Bonchev–Trinajstić information content (AvgIpc) is 3.02. The first kappa shape index (κ1) is 15.6. The smallest absolute Gasteiger partial charge is 0.251 e. The Balaban J connectivity index is 1.97. The zero-order valence-corrected chi connectivity index (χ0v) is 11.8. The number of hydrogen-bond donors (Lipinski definition) is 1. The standard InChI is InChI=1S/C15H7F4N5/c16-11-5-8(9-2-4-13(21-7-9)15(17,18)19)1-3-10(11)14-12(6-20)22-24-23-14/h1-5,7H,(H,22,23,24). The van der Waals surface area contributed by atoms with Crippen LogP contribution in [0.5, 0.6) is 0 Å². The van der Waals surface area contributed by atoms with Crippen LogP contribution < -0.4 is 0 Å². The fourth-order valence-electron chi connectivity index (χ4n) is 2.11. The third-order valence-corrected chi connectivity index (χ3v) is 3.27. The van der Waals surface area contributed by atoms with Crippen molar-refractivity contribution in [1.82, 2.24) is 20.4 Å². The van der Waals surface area contributed by atoms with Gasteiger partial charge in [-0.3, -0.25) is 4.98 Å². The molecule has 0 unspecified atom stereocenters. The number of benzene rings is 1. The second-order valence-corrected chi connectivity index (χ2v) is 4.77. The number of nitrogens with zero attached hydrogens (tertiary/aromatic N) is 4. The SMILES string of the molecule is N#Cc1[nH]nnc1-c1ccc(-c2ccc(C(F)(F)F)nc2)cc1F. The molecule has 0 fully saturated rings. The Kier molecular flexibility index (Phi) is 3.73. The van der Waals surface area contributed by atoms with Gasteiger partial charge in [-0.15, -0.1) is 5.10 Å². The number of nitrogens with one attached hydrogen (secondary N) is 1. The van der Waals surface area contributed by atoms with E-state index in [0.717, 1.165) is 18.3 Å². The zero-order chi connectivity index (χ0) is 17.3. The third kappa shape index (κ3) is 2.81. The van der Waals surface area contributed by atoms with Crippen LogP contribution in [0.15, 0.2) is 36.5 Å². The van der Waals surface area contributed by atoms with Crippen LogP contribution in [-0.4, -0.2) is 20.4 Å². The molecule has 2 aromatic heterocycles. The van der Waals surface area contributed by atoms with Crippen LogP contribution in [0.3, 0.4) is 0 Å². The van der Waals surface area contributed by atoms with Crippen molar-refractivity contribution in [1.29, 1.82) is 5.26 Å². The highest BCUT2D eigenvalue weighted by Crippen LogP contribution is 2.31. The Hall–Kier alpha value is -3.28. The summed E-state index contributed by atoms with van der Waals surface area (Å²) in [5, 5.41) is 18.3. The van der Waals surface area contributed by atoms with Gasteiger partial charge in [0.15, 0.2) is 5.69 Å². The zero-order valence-electron chi connectivity index (χ0n) is 11.8. The van der Waals surface area contributed by atoms with E-state index in [2.05, 4.69) is 20.4 Å². The summed E-state index contributed by atoms with van der Waals surface area (Å²) in [7, 11) is 0. The lowest BCUT2D eigenvalue weighted by atomic mass is 10.0. The molecule has 24 heavy (non-hydrogen) atoms. The first-order chi connectivity index (χ1) is 11.4. The Labute approximate surface area is 132 Å². The topological polar surface area (TPSA) is 78.2 Å². The number of pyridine rings is 1. The second-order valence-electron chi connectivity index (χ2n) is 4.77. The van der Waals surface area contributed by atoms with Gasteiger partial charge in [-0.25, -0.2) is 9.49 Å². The molecule has 0 radical (unpaired) electrons. The van der Waals surface area contributed by atoms with Crippen molar-refractivity contribution in [2.75, 3.05) is 0 Å². The summed E-state index contributed by atoms with van der Waals surface area (Å²) in [6.07, 6.45) is -3.51. The molecule has 2 heterocycles. The van der Waals surface area contributed by atoms with Crippen LogP contribution in [0, 0.1) is 17.1 Å². The maximum absolute atomic E-state index is 14.3. The van der Waals surface area contributed by atoms with E-state index in [1.807, 2.05) is 0 Å². The number of nitriles is 1. The van der Waals surface area contributed by atoms with Crippen molar-refractivity contribution in [3.63, 3.8) is 0 Å². The lowest BCUT2D eigenvalue weighted by Crippen LogP contribution is -2.07. The molecule has 120 valence electrons. The number of rotatable bonds is 2. The van der Waals surface area contributed by atoms with E-state index < -0.39 is 17.7 Å². The van der Waals surface area contributed by atoms with Crippen molar-refractivity contribution in [2.45, 2.75) is 6.18 Å². The van der Waals surface area contributed by atoms with E-state index in [0.29, 0.717) is 11.1 Å². The molecule has 0 aliphatic rings. The Bertz CT molecular complexity index is 922. The highest BCUT2D eigenvalue weighted by atomic mass is 19.4. The summed E-state index contributed by atoms with van der Waals surface area (Å²) in [6.45, 7) is 0. The minimum Gasteiger partial charge on any atom is -0.251 e. The van der Waals surface area contributed by atoms with Gasteiger partial charge in [0.1, 0.15) is 23.3 Å². The molecule has 0 atom stereocenters. The first-order valence-electron chi connectivity index (χ1n) is 6.55. The Morgan fingerprint density at radius 3 is 2.42 bits per heavy atom. The summed E-state index contributed by atoms with van der Waals surface area (Å²) < 4.78 is 51.8. The number of aromatic amines is 1. The van der Waals surface area contributed by atoms with Gasteiger partial charge in [-0.2, -0.15) is 18.4 Å². The number of H-pyrrole nitrogens is 1. The molecule has 0 bridgehead atoms. The highest BCUT2D eigenvalue weighted by Gasteiger charge is 2.32. The summed E-state index contributed by atoms with van der Waals surface area (Å²) in [4.78, 5) is 3.34. The molecule has 0 amide bonds. The van der Waals surface area contributed by atoms with Gasteiger partial charge < -0.3 is 0 Å². The van der Waals surface area contributed by atoms with Gasteiger partial charge in [-0.05, 0) is 23.8 Å². The van der Waals surface area contributed by atoms with Crippen LogP contribution in [0.25, 0.3) is 22.4 Å². The molecule has 3 rings (SSSR count). The lowest BCUT2D eigenvalue weighted by Gasteiger charge is -2.08. The van der Waals surface area contributed by atoms with E-state index in [4.69, 9.17) is 5.26 Å². The van der Waals surface area contributed by atoms with Crippen LogP contribution in [0.4, 0.5) is 17.6 Å². The fourth-order valence-corrected chi connectivity index (χ4v) is 2.11. The van der Waals surface area contributed by atoms with Gasteiger partial charge in [0.25, 0.3) is 0 Å². The number of alkyl halides is 3. The largest absolute Gasteiger partial charge is 0.433 e. The third-order valence-electron chi connectivity index (χ3n) is 3.27. The molecule has 0 aliphatic carbocycles. The normalized spacial score (nSPS) is 11.3. The summed E-state index contributed by atoms with van der Waals surface area (Å²) in [6, 6.07) is 7.85. The van der Waals surface area contributed by atoms with Gasteiger partial charge >= 0.3 is 6.18 Å². The van der Waals surface area contributed by atoms with Crippen molar-refractivity contribution >= 4 is 0 Å². The van der Waals surface area contributed by atoms with E-state index in [1.165, 1.54) is 18.2 Å². The van der Waals surface area contributed by atoms with Crippen molar-refractivity contribution in [3.8, 4) is 28.5 Å². The molecule has 1 N–H and O–H groups in total. The molecule has 0 spiro atoms. The monoisotopic (exact) mass is 333 g/mol. The number of halogens is 4. The van der Waals surface area contributed by atoms with Gasteiger partial charge in [0.2, 0.25) is 0 Å². The average molecular weight is 333 g/mol. The maximum Gasteiger partial charge on any atom is 0.433 e. The number of aromatic nitrogens is 4. The van der Waals surface area contributed by atoms with Crippen molar-refractivity contribution < 1.29 is 17.6 Å². The first-order valence-corrected chi connectivity index (χ1v) is 6.55. The molecular weight excluding hydrogens is 326 g/mol. The van der Waals surface area contributed by atoms with Crippen molar-refractivity contribution in [3.05, 3.63) is 53.7 Å². The van der Waals surface area contributed by atoms with Crippen LogP contribution in [-0.2, 0) is 6.18 Å². The predicted octanol–water partition coefficient (Wildman–Crippen LogP) is 3.56. The molecule has 0 aliphatic heterocycles. The van der Waals surface area contributed by atoms with Crippen LogP contribution in [0.2, 0.25) is 0 Å². The van der Waals surface area contributed by atoms with Gasteiger partial charge in [0, 0.05) is 17.3 Å². The quantitative estimate of drug-likeness (QED) is 0.727. The van der Waals surface area contributed by atoms with E-state index in [9.17, 15) is 17.6 Å². The molecule has 3 aromatic rings. The molecule has 0 saturated carbocycles. The van der Waals surface area contributed by atoms with Crippen LogP contribution in [0.1, 0.15) is 11.4 Å². The lowest BCUT2D eigenvalue weighted by molar-refractivity contribution is -0.141. The van der Waals surface area contributed by atoms with E-state index >= 15 is 0 Å². The number of hydrogen-bond acceptors (Lipinski definition) is 4. The predicted molar refractivity (Wildman–Crippen MR) is 74.7 cm³/mol. The minimum atomic E-state index is -4.53. The van der Waals surface area contributed by atoms with Gasteiger partial charge in [-0.1, -0.05) is 17.3 Å². The molecule has 5 nitrogen and oxygen atoms in total. The second kappa shape index (κ2) is 5.73. The summed E-state index contributed by atoms with van der Waals surface area (Å²) >= 11 is 0. The van der Waals surface area contributed by atoms with Crippen LogP contribution >= 0.6 is 0 Å². The summed E-state index contributed by atoms with van der Waals surface area (Å²) in [5.74, 6) is -0.683. The Morgan fingerprint density at radius 1 is 1.08 bits per heavy atom. The minimum absolute atomic E-state index is 0.0119. The highest BCUT2D eigenvalue weighted by molar-refractivity contribution is 5.70. The summed E-state index contributed by atoms with van der Waals surface area (Å²) in [5.41, 5.74) is -0.216. The fraction of sp³-hybridized carbons (Fsp3) is 0.0667. The Morgan fingerprint density at radius 2 is 1.83 bits per heavy atom. The van der Waals surface area contributed by atoms with Crippen molar-refractivity contribution in [2.24, 2.45) is 0 Å². The molecule has 0 saturated heterocycles. The molecular formula is C15H7F4N5. The van der Waals surface area contributed by atoms with Gasteiger partial charge in [0.05, 0.1) is 0 Å². The maximum atomic E-state index is 14.3. The molecule has 1 aromatic carbocycles.